The first kappa shape index (κ1) is 13.4. The second kappa shape index (κ2) is 5.40. The number of amides is 1. The van der Waals surface area contributed by atoms with Crippen LogP contribution in [0.1, 0.15) is 29.8 Å². The Balaban J connectivity index is 1.79. The maximum absolute atomic E-state index is 12.0. The van der Waals surface area contributed by atoms with Crippen molar-refractivity contribution in [2.45, 2.75) is 31.3 Å². The number of fused-ring (bicyclic) bond motifs is 2. The summed E-state index contributed by atoms with van der Waals surface area (Å²) in [4.78, 5) is 20.1. The van der Waals surface area contributed by atoms with Crippen LogP contribution in [0, 0.1) is 0 Å². The first-order valence-electron chi connectivity index (χ1n) is 7.32. The van der Waals surface area contributed by atoms with Gasteiger partial charge in [-0.05, 0) is 31.4 Å². The van der Waals surface area contributed by atoms with E-state index in [4.69, 9.17) is 0 Å². The van der Waals surface area contributed by atoms with Crippen molar-refractivity contribution in [1.29, 1.82) is 0 Å². The van der Waals surface area contributed by atoms with E-state index in [1.165, 1.54) is 19.3 Å². The summed E-state index contributed by atoms with van der Waals surface area (Å²) in [5.41, 5.74) is 1.63. The summed E-state index contributed by atoms with van der Waals surface area (Å²) in [6.45, 7) is 2.07. The average molecular weight is 274 g/mol. The summed E-state index contributed by atoms with van der Waals surface area (Å²) in [5.74, 6) is -0.0404. The van der Waals surface area contributed by atoms with Gasteiger partial charge in [0, 0.05) is 51.2 Å². The van der Waals surface area contributed by atoms with Crippen LogP contribution in [0.25, 0.3) is 0 Å². The van der Waals surface area contributed by atoms with Crippen LogP contribution in [0.2, 0.25) is 0 Å². The van der Waals surface area contributed by atoms with Gasteiger partial charge in [0.15, 0.2) is 0 Å². The van der Waals surface area contributed by atoms with Crippen LogP contribution in [-0.4, -0.2) is 55.1 Å². The molecule has 0 spiro atoms. The predicted molar refractivity (Wildman–Crippen MR) is 79.0 cm³/mol. The third-order valence-electron chi connectivity index (χ3n) is 4.26. The largest absolute Gasteiger partial charge is 0.370 e. The highest BCUT2D eigenvalue weighted by atomic mass is 16.2. The fraction of sp³-hybridized carbons (Fsp3) is 0.600. The van der Waals surface area contributed by atoms with Gasteiger partial charge in [-0.3, -0.25) is 9.78 Å². The second-order valence-corrected chi connectivity index (χ2v) is 5.97. The molecule has 2 aliphatic rings. The van der Waals surface area contributed by atoms with Crippen LogP contribution in [0.3, 0.4) is 0 Å². The lowest BCUT2D eigenvalue weighted by atomic mass is 10.1. The highest BCUT2D eigenvalue weighted by Gasteiger charge is 2.29. The van der Waals surface area contributed by atoms with E-state index in [-0.39, 0.29) is 5.91 Å². The molecule has 2 saturated heterocycles. The molecule has 2 aliphatic heterocycles. The standard InChI is InChI=1S/C15H22N4O/c1-18(2)15(20)14-9-13(5-7-16-14)19-8-6-11-3-4-12(10-19)17-11/h5,7,9,11-12,17H,3-4,6,8,10H2,1-2H3. The highest BCUT2D eigenvalue weighted by molar-refractivity contribution is 5.92. The molecule has 3 heterocycles. The number of carbonyl (C=O) groups excluding carboxylic acids is 1. The molecule has 1 aromatic heterocycles. The zero-order chi connectivity index (χ0) is 14.1. The summed E-state index contributed by atoms with van der Waals surface area (Å²) in [6, 6.07) is 5.19. The van der Waals surface area contributed by atoms with E-state index in [0.29, 0.717) is 17.8 Å². The molecule has 2 bridgehead atoms. The maximum atomic E-state index is 12.0. The summed E-state index contributed by atoms with van der Waals surface area (Å²) in [6.07, 6.45) is 5.48. The number of hydrogen-bond acceptors (Lipinski definition) is 4. The predicted octanol–water partition coefficient (Wildman–Crippen LogP) is 1.11. The molecule has 5 nitrogen and oxygen atoms in total. The molecule has 0 aliphatic carbocycles. The maximum Gasteiger partial charge on any atom is 0.272 e. The van der Waals surface area contributed by atoms with E-state index in [0.717, 1.165) is 18.8 Å². The second-order valence-electron chi connectivity index (χ2n) is 5.97. The van der Waals surface area contributed by atoms with Crippen molar-refractivity contribution in [2.75, 3.05) is 32.1 Å². The molecule has 0 aromatic carbocycles. The fourth-order valence-electron chi connectivity index (χ4n) is 3.14. The van der Waals surface area contributed by atoms with Crippen LogP contribution in [0.15, 0.2) is 18.3 Å². The van der Waals surface area contributed by atoms with Crippen molar-refractivity contribution in [3.8, 4) is 0 Å². The average Bonchev–Trinajstić information content (AvgIpc) is 2.77. The van der Waals surface area contributed by atoms with Crippen LogP contribution < -0.4 is 10.2 Å². The molecule has 108 valence electrons. The van der Waals surface area contributed by atoms with Crippen molar-refractivity contribution in [1.82, 2.24) is 15.2 Å². The molecule has 5 heteroatoms. The van der Waals surface area contributed by atoms with Gasteiger partial charge in [-0.15, -0.1) is 0 Å². The zero-order valence-corrected chi connectivity index (χ0v) is 12.2. The number of hydrogen-bond donors (Lipinski definition) is 1. The van der Waals surface area contributed by atoms with Gasteiger partial charge >= 0.3 is 0 Å². The quantitative estimate of drug-likeness (QED) is 0.878. The number of nitrogens with zero attached hydrogens (tertiary/aromatic N) is 3. The van der Waals surface area contributed by atoms with E-state index in [1.54, 1.807) is 25.2 Å². The Labute approximate surface area is 120 Å². The van der Waals surface area contributed by atoms with Gasteiger partial charge in [-0.2, -0.15) is 0 Å². The van der Waals surface area contributed by atoms with Crippen LogP contribution in [-0.2, 0) is 0 Å². The molecule has 1 amide bonds. The summed E-state index contributed by atoms with van der Waals surface area (Å²) in [5, 5.41) is 3.68. The molecule has 20 heavy (non-hydrogen) atoms. The van der Waals surface area contributed by atoms with Crippen molar-refractivity contribution < 1.29 is 4.79 Å². The molecule has 2 atom stereocenters. The minimum Gasteiger partial charge on any atom is -0.370 e. The van der Waals surface area contributed by atoms with Gasteiger partial charge in [0.2, 0.25) is 0 Å². The Morgan fingerprint density at radius 1 is 1.35 bits per heavy atom. The Hall–Kier alpha value is -1.62. The minimum absolute atomic E-state index is 0.0404. The topological polar surface area (TPSA) is 48.5 Å². The lowest BCUT2D eigenvalue weighted by molar-refractivity contribution is 0.0822. The van der Waals surface area contributed by atoms with Crippen molar-refractivity contribution >= 4 is 11.6 Å². The number of rotatable bonds is 2. The Morgan fingerprint density at radius 3 is 2.95 bits per heavy atom. The van der Waals surface area contributed by atoms with E-state index in [2.05, 4.69) is 15.2 Å². The molecule has 0 radical (unpaired) electrons. The fourth-order valence-corrected chi connectivity index (χ4v) is 3.14. The summed E-state index contributed by atoms with van der Waals surface area (Å²) >= 11 is 0. The number of carbonyl (C=O) groups is 1. The minimum atomic E-state index is -0.0404. The zero-order valence-electron chi connectivity index (χ0n) is 12.2. The third-order valence-corrected chi connectivity index (χ3v) is 4.26. The Bertz CT molecular complexity index is 502. The van der Waals surface area contributed by atoms with Crippen molar-refractivity contribution in [3.63, 3.8) is 0 Å². The first-order chi connectivity index (χ1) is 9.63. The van der Waals surface area contributed by atoms with Crippen LogP contribution in [0.4, 0.5) is 5.69 Å². The molecule has 0 saturated carbocycles. The van der Waals surface area contributed by atoms with E-state index in [1.807, 2.05) is 12.1 Å². The Kier molecular flexibility index (Phi) is 3.61. The lowest BCUT2D eigenvalue weighted by Gasteiger charge is -2.26. The van der Waals surface area contributed by atoms with Gasteiger partial charge in [-0.25, -0.2) is 0 Å². The molecule has 2 fully saturated rings. The smallest absolute Gasteiger partial charge is 0.272 e. The SMILES string of the molecule is CN(C)C(=O)c1cc(N2CCC3CCC(C2)N3)ccn1. The van der Waals surface area contributed by atoms with Crippen LogP contribution in [0.5, 0.6) is 0 Å². The van der Waals surface area contributed by atoms with Crippen molar-refractivity contribution in [3.05, 3.63) is 24.0 Å². The molecular weight excluding hydrogens is 252 g/mol. The molecule has 2 unspecified atom stereocenters. The normalized spacial score (nSPS) is 25.4. The van der Waals surface area contributed by atoms with Gasteiger partial charge < -0.3 is 15.1 Å². The number of pyridine rings is 1. The lowest BCUT2D eigenvalue weighted by Crippen LogP contribution is -2.35. The van der Waals surface area contributed by atoms with E-state index < -0.39 is 0 Å². The van der Waals surface area contributed by atoms with Gasteiger partial charge in [0.25, 0.3) is 5.91 Å². The summed E-state index contributed by atoms with van der Waals surface area (Å²) < 4.78 is 0. The van der Waals surface area contributed by atoms with Gasteiger partial charge in [-0.1, -0.05) is 0 Å². The van der Waals surface area contributed by atoms with Crippen LogP contribution >= 0.6 is 0 Å². The number of anilines is 1. The van der Waals surface area contributed by atoms with Crippen molar-refractivity contribution in [2.24, 2.45) is 0 Å². The number of aromatic nitrogens is 1. The molecular formula is C15H22N4O. The van der Waals surface area contributed by atoms with E-state index in [9.17, 15) is 4.79 Å². The monoisotopic (exact) mass is 274 g/mol. The molecule has 1 N–H and O–H groups in total. The summed E-state index contributed by atoms with van der Waals surface area (Å²) in [7, 11) is 3.51. The molecule has 1 aromatic rings. The highest BCUT2D eigenvalue weighted by Crippen LogP contribution is 2.24. The molecule has 3 rings (SSSR count). The van der Waals surface area contributed by atoms with Gasteiger partial charge in [0.1, 0.15) is 5.69 Å². The van der Waals surface area contributed by atoms with Gasteiger partial charge in [0.05, 0.1) is 0 Å². The Morgan fingerprint density at radius 2 is 2.15 bits per heavy atom. The number of nitrogens with one attached hydrogen (secondary N) is 1. The van der Waals surface area contributed by atoms with E-state index >= 15 is 0 Å². The first-order valence-corrected chi connectivity index (χ1v) is 7.32. The third kappa shape index (κ3) is 2.63.